The summed E-state index contributed by atoms with van der Waals surface area (Å²) in [6.07, 6.45) is 0.369. The number of hydrazine groups is 1. The van der Waals surface area contributed by atoms with Crippen molar-refractivity contribution in [3.8, 4) is 5.69 Å². The van der Waals surface area contributed by atoms with Crippen molar-refractivity contribution in [3.05, 3.63) is 81.6 Å². The summed E-state index contributed by atoms with van der Waals surface area (Å²) in [5, 5.41) is 4.57. The molecule has 2 aliphatic heterocycles. The Balaban J connectivity index is 1.50. The van der Waals surface area contributed by atoms with Crippen molar-refractivity contribution >= 4 is 16.6 Å². The molecule has 3 N–H and O–H groups in total. The smallest absolute Gasteiger partial charge is 0.347 e. The normalized spacial score (nSPS) is 16.3. The molecule has 1 aromatic carbocycles. The van der Waals surface area contributed by atoms with Crippen molar-refractivity contribution in [2.24, 2.45) is 7.05 Å². The fourth-order valence-electron chi connectivity index (χ4n) is 4.22. The lowest BCUT2D eigenvalue weighted by molar-refractivity contribution is -0.0977. The first-order chi connectivity index (χ1) is 14.8. The fourth-order valence-corrected chi connectivity index (χ4v) is 4.22. The third-order valence-electron chi connectivity index (χ3n) is 5.82. The van der Waals surface area contributed by atoms with E-state index < -0.39 is 11.9 Å². The fraction of sp³-hybridized carbons (Fsp3) is 0.227. The Morgan fingerprint density at radius 3 is 2.61 bits per heavy atom. The second-order valence-corrected chi connectivity index (χ2v) is 7.64. The Labute approximate surface area is 175 Å². The SMILES string of the molecule is Cn1c2c(c3ccc(-n4ccc(C5=CC=C(C(F)(F)F)NN5)cc4=O)cc31)CNCC2. The number of allylic oxidation sites excluding steroid dienone is 3. The first kappa shape index (κ1) is 19.5. The summed E-state index contributed by atoms with van der Waals surface area (Å²) < 4.78 is 41.9. The number of rotatable bonds is 2. The zero-order valence-corrected chi connectivity index (χ0v) is 16.7. The Morgan fingerprint density at radius 1 is 1.06 bits per heavy atom. The van der Waals surface area contributed by atoms with Gasteiger partial charge in [-0.15, -0.1) is 0 Å². The van der Waals surface area contributed by atoms with Gasteiger partial charge in [0, 0.05) is 55.5 Å². The van der Waals surface area contributed by atoms with Gasteiger partial charge in [-0.2, -0.15) is 13.2 Å². The monoisotopic (exact) mass is 427 g/mol. The zero-order valence-electron chi connectivity index (χ0n) is 16.7. The number of halogens is 3. The maximum atomic E-state index is 12.8. The van der Waals surface area contributed by atoms with Crippen molar-refractivity contribution in [2.75, 3.05) is 6.54 Å². The molecule has 5 rings (SSSR count). The molecule has 0 unspecified atom stereocenters. The van der Waals surface area contributed by atoms with Crippen LogP contribution in [-0.2, 0) is 20.0 Å². The van der Waals surface area contributed by atoms with Crippen LogP contribution in [0.2, 0.25) is 0 Å². The summed E-state index contributed by atoms with van der Waals surface area (Å²) in [5.74, 6) is 0. The highest BCUT2D eigenvalue weighted by Gasteiger charge is 2.34. The van der Waals surface area contributed by atoms with E-state index >= 15 is 0 Å². The van der Waals surface area contributed by atoms with Crippen molar-refractivity contribution < 1.29 is 13.2 Å². The predicted molar refractivity (Wildman–Crippen MR) is 112 cm³/mol. The summed E-state index contributed by atoms with van der Waals surface area (Å²) in [6, 6.07) is 9.04. The topological polar surface area (TPSA) is 63.0 Å². The quantitative estimate of drug-likeness (QED) is 0.589. The zero-order chi connectivity index (χ0) is 21.8. The number of aryl methyl sites for hydroxylation is 1. The molecular weight excluding hydrogens is 407 g/mol. The average molecular weight is 427 g/mol. The van der Waals surface area contributed by atoms with Gasteiger partial charge in [0.25, 0.3) is 5.56 Å². The lowest BCUT2D eigenvalue weighted by Gasteiger charge is -2.21. The molecule has 0 amide bonds. The summed E-state index contributed by atoms with van der Waals surface area (Å²) in [5.41, 5.74) is 8.75. The molecule has 31 heavy (non-hydrogen) atoms. The predicted octanol–water partition coefficient (Wildman–Crippen LogP) is 2.87. The first-order valence-corrected chi connectivity index (χ1v) is 9.88. The van der Waals surface area contributed by atoms with E-state index in [1.165, 1.54) is 33.4 Å². The molecule has 0 bridgehead atoms. The molecule has 6 nitrogen and oxygen atoms in total. The van der Waals surface area contributed by atoms with Crippen LogP contribution in [0.25, 0.3) is 22.3 Å². The highest BCUT2D eigenvalue weighted by molar-refractivity contribution is 5.87. The average Bonchev–Trinajstić information content (AvgIpc) is 3.05. The van der Waals surface area contributed by atoms with Crippen molar-refractivity contribution in [3.63, 3.8) is 0 Å². The minimum absolute atomic E-state index is 0.272. The number of fused-ring (bicyclic) bond motifs is 3. The molecular formula is C22H20F3N5O. The number of pyridine rings is 1. The number of aromatic nitrogens is 2. The van der Waals surface area contributed by atoms with Crippen LogP contribution in [0.4, 0.5) is 13.2 Å². The van der Waals surface area contributed by atoms with E-state index in [0.717, 1.165) is 36.8 Å². The summed E-state index contributed by atoms with van der Waals surface area (Å²) in [4.78, 5) is 12.8. The van der Waals surface area contributed by atoms with Gasteiger partial charge in [0.1, 0.15) is 5.70 Å². The van der Waals surface area contributed by atoms with Crippen LogP contribution in [0.15, 0.2) is 59.2 Å². The third kappa shape index (κ3) is 3.31. The number of alkyl halides is 3. The number of benzene rings is 1. The van der Waals surface area contributed by atoms with Gasteiger partial charge < -0.3 is 15.3 Å². The van der Waals surface area contributed by atoms with Gasteiger partial charge in [0.05, 0.1) is 16.9 Å². The lowest BCUT2D eigenvalue weighted by Crippen LogP contribution is -2.38. The van der Waals surface area contributed by atoms with E-state index in [2.05, 4.69) is 20.7 Å². The highest BCUT2D eigenvalue weighted by Crippen LogP contribution is 2.29. The highest BCUT2D eigenvalue weighted by atomic mass is 19.4. The Hall–Kier alpha value is -3.46. The summed E-state index contributed by atoms with van der Waals surface area (Å²) >= 11 is 0. The molecule has 3 aromatic rings. The largest absolute Gasteiger partial charge is 0.432 e. The first-order valence-electron chi connectivity index (χ1n) is 9.88. The maximum Gasteiger partial charge on any atom is 0.432 e. The Bertz CT molecular complexity index is 1310. The minimum atomic E-state index is -4.47. The van der Waals surface area contributed by atoms with E-state index in [1.807, 2.05) is 25.2 Å². The van der Waals surface area contributed by atoms with Crippen molar-refractivity contribution in [1.82, 2.24) is 25.3 Å². The van der Waals surface area contributed by atoms with Crippen molar-refractivity contribution in [1.29, 1.82) is 0 Å². The van der Waals surface area contributed by atoms with Crippen LogP contribution in [0, 0.1) is 0 Å². The Morgan fingerprint density at radius 2 is 1.90 bits per heavy atom. The standard InChI is InChI=1S/C22H20F3N5O/c1-29-18-6-8-26-12-16(18)15-3-2-14(11-19(15)29)30-9-7-13(10-21(30)31)17-4-5-20(28-27-17)22(23,24)25/h2-5,7,9-11,26-28H,6,8,12H2,1H3. The van der Waals surface area contributed by atoms with Gasteiger partial charge in [-0.25, -0.2) is 0 Å². The van der Waals surface area contributed by atoms with Gasteiger partial charge >= 0.3 is 6.18 Å². The molecule has 9 heteroatoms. The van der Waals surface area contributed by atoms with Crippen LogP contribution in [0.3, 0.4) is 0 Å². The molecule has 0 aliphatic carbocycles. The van der Waals surface area contributed by atoms with Gasteiger partial charge in [-0.3, -0.25) is 14.8 Å². The van der Waals surface area contributed by atoms with Crippen molar-refractivity contribution in [2.45, 2.75) is 19.1 Å². The maximum absolute atomic E-state index is 12.8. The van der Waals surface area contributed by atoms with E-state index in [0.29, 0.717) is 11.3 Å². The van der Waals surface area contributed by atoms with Crippen LogP contribution in [-0.4, -0.2) is 21.9 Å². The molecule has 160 valence electrons. The van der Waals surface area contributed by atoms with E-state index in [4.69, 9.17) is 0 Å². The number of hydrogen-bond donors (Lipinski definition) is 3. The lowest BCUT2D eigenvalue weighted by atomic mass is 10.1. The van der Waals surface area contributed by atoms with Gasteiger partial charge in [-0.05, 0) is 35.9 Å². The number of nitrogens with zero attached hydrogens (tertiary/aromatic N) is 2. The Kier molecular flexibility index (Phi) is 4.44. The molecule has 0 atom stereocenters. The van der Waals surface area contributed by atoms with E-state index in [-0.39, 0.29) is 5.56 Å². The van der Waals surface area contributed by atoms with Gasteiger partial charge in [-0.1, -0.05) is 6.07 Å². The molecule has 4 heterocycles. The van der Waals surface area contributed by atoms with E-state index in [1.54, 1.807) is 12.3 Å². The number of hydrogen-bond acceptors (Lipinski definition) is 4. The number of nitrogens with one attached hydrogen (secondary N) is 3. The molecule has 0 fully saturated rings. The van der Waals surface area contributed by atoms with Crippen LogP contribution >= 0.6 is 0 Å². The van der Waals surface area contributed by atoms with E-state index in [9.17, 15) is 18.0 Å². The molecule has 0 saturated carbocycles. The second kappa shape index (κ2) is 7.05. The third-order valence-corrected chi connectivity index (χ3v) is 5.82. The summed E-state index contributed by atoms with van der Waals surface area (Å²) in [7, 11) is 2.04. The second-order valence-electron chi connectivity index (χ2n) is 7.64. The van der Waals surface area contributed by atoms with Gasteiger partial charge in [0.2, 0.25) is 0 Å². The van der Waals surface area contributed by atoms with Crippen LogP contribution in [0.5, 0.6) is 0 Å². The molecule has 0 radical (unpaired) electrons. The van der Waals surface area contributed by atoms with Gasteiger partial charge in [0.15, 0.2) is 0 Å². The molecule has 2 aliphatic rings. The molecule has 0 saturated heterocycles. The molecule has 2 aromatic heterocycles. The minimum Gasteiger partial charge on any atom is -0.347 e. The van der Waals surface area contributed by atoms with Crippen LogP contribution in [0.1, 0.15) is 16.8 Å². The molecule has 0 spiro atoms. The van der Waals surface area contributed by atoms with Crippen LogP contribution < -0.4 is 21.7 Å². The summed E-state index contributed by atoms with van der Waals surface area (Å²) in [6.45, 7) is 1.78.